The molecule has 1 atom stereocenters. The summed E-state index contributed by atoms with van der Waals surface area (Å²) in [5, 5.41) is 2.33. The minimum Gasteiger partial charge on any atom is -0.324 e. The van der Waals surface area contributed by atoms with Crippen LogP contribution in [0.1, 0.15) is 37.3 Å². The maximum Gasteiger partial charge on any atom is 0.416 e. The van der Waals surface area contributed by atoms with Crippen LogP contribution in [0, 0.1) is 5.92 Å². The van der Waals surface area contributed by atoms with E-state index < -0.39 is 29.0 Å². The molecule has 1 aliphatic rings. The molecule has 0 radical (unpaired) electrons. The number of urea groups is 1. The summed E-state index contributed by atoms with van der Waals surface area (Å²) < 4.78 is 65.8. The normalized spacial score (nSPS) is 15.2. The molecule has 0 spiro atoms. The summed E-state index contributed by atoms with van der Waals surface area (Å²) >= 11 is 0. The summed E-state index contributed by atoms with van der Waals surface area (Å²) in [6.07, 6.45) is -2.07. The van der Waals surface area contributed by atoms with E-state index in [1.54, 1.807) is 0 Å². The molecule has 2 amide bonds. The molecule has 1 aliphatic carbocycles. The highest BCUT2D eigenvalue weighted by Crippen LogP contribution is 2.40. The van der Waals surface area contributed by atoms with Gasteiger partial charge in [0, 0.05) is 24.3 Å². The van der Waals surface area contributed by atoms with Crippen LogP contribution in [0.25, 0.3) is 0 Å². The van der Waals surface area contributed by atoms with Crippen molar-refractivity contribution in [2.45, 2.75) is 38.0 Å². The number of alkyl halides is 5. The van der Waals surface area contributed by atoms with Crippen molar-refractivity contribution in [3.05, 3.63) is 29.3 Å². The number of nitrogens with zero attached hydrogens (tertiary/aromatic N) is 1. The Morgan fingerprint density at radius 1 is 1.20 bits per heavy atom. The molecule has 1 aromatic rings. The summed E-state index contributed by atoms with van der Waals surface area (Å²) in [6, 6.07) is 1.34. The Labute approximate surface area is 145 Å². The van der Waals surface area contributed by atoms with Crippen LogP contribution in [0.2, 0.25) is 0 Å². The van der Waals surface area contributed by atoms with E-state index in [1.165, 1.54) is 14.1 Å². The van der Waals surface area contributed by atoms with E-state index in [0.29, 0.717) is 37.6 Å². The van der Waals surface area contributed by atoms with Crippen molar-refractivity contribution in [3.8, 4) is 0 Å². The third-order valence-corrected chi connectivity index (χ3v) is 4.19. The van der Waals surface area contributed by atoms with Gasteiger partial charge in [-0.15, -0.1) is 0 Å². The summed E-state index contributed by atoms with van der Waals surface area (Å²) in [4.78, 5) is 13.8. The van der Waals surface area contributed by atoms with Crippen molar-refractivity contribution in [2.24, 2.45) is 5.92 Å². The van der Waals surface area contributed by atoms with Crippen LogP contribution in [0.4, 0.5) is 32.4 Å². The first-order chi connectivity index (χ1) is 11.5. The van der Waals surface area contributed by atoms with E-state index >= 15 is 0 Å². The smallest absolute Gasteiger partial charge is 0.324 e. The quantitative estimate of drug-likeness (QED) is 0.527. The van der Waals surface area contributed by atoms with Gasteiger partial charge in [0.1, 0.15) is 0 Å². The van der Waals surface area contributed by atoms with E-state index in [9.17, 15) is 26.7 Å². The van der Waals surface area contributed by atoms with Gasteiger partial charge in [-0.05, 0) is 43.4 Å². The van der Waals surface area contributed by atoms with E-state index in [-0.39, 0.29) is 5.69 Å². The van der Waals surface area contributed by atoms with E-state index in [4.69, 9.17) is 0 Å². The number of nitrogens with one attached hydrogen (secondary N) is 1. The van der Waals surface area contributed by atoms with Crippen LogP contribution in [0.5, 0.6) is 0 Å². The molecule has 0 heterocycles. The van der Waals surface area contributed by atoms with Gasteiger partial charge in [0.05, 0.1) is 5.56 Å². The highest BCUT2D eigenvalue weighted by atomic mass is 31.0. The van der Waals surface area contributed by atoms with Crippen LogP contribution in [0.3, 0.4) is 0 Å². The van der Waals surface area contributed by atoms with E-state index in [0.717, 1.165) is 18.9 Å². The lowest BCUT2D eigenvalue weighted by atomic mass is 10.1. The SMILES string of the molecule is CCCN(CC1CC1)C(=O)Nc1cc(C(F)(F)F)cc(C(F)(F)P)c1. The van der Waals surface area contributed by atoms with Crippen LogP contribution >= 0.6 is 9.24 Å². The Bertz CT molecular complexity index is 594. The number of carbonyl (C=O) groups excluding carboxylic acids is 1. The largest absolute Gasteiger partial charge is 0.416 e. The number of halogens is 5. The van der Waals surface area contributed by atoms with Crippen molar-refractivity contribution in [3.63, 3.8) is 0 Å². The first-order valence-electron chi connectivity index (χ1n) is 7.96. The number of rotatable bonds is 6. The fourth-order valence-electron chi connectivity index (χ4n) is 2.42. The van der Waals surface area contributed by atoms with Crippen molar-refractivity contribution in [1.29, 1.82) is 0 Å². The van der Waals surface area contributed by atoms with Gasteiger partial charge in [-0.3, -0.25) is 0 Å². The fraction of sp³-hybridized carbons (Fsp3) is 0.562. The Morgan fingerprint density at radius 2 is 1.80 bits per heavy atom. The predicted octanol–water partition coefficient (Wildman–Crippen LogP) is 5.28. The molecule has 140 valence electrons. The molecule has 1 unspecified atom stereocenters. The van der Waals surface area contributed by atoms with Gasteiger partial charge in [-0.1, -0.05) is 16.2 Å². The topological polar surface area (TPSA) is 32.3 Å². The van der Waals surface area contributed by atoms with Crippen molar-refractivity contribution in [2.75, 3.05) is 18.4 Å². The molecule has 0 aliphatic heterocycles. The van der Waals surface area contributed by atoms with Gasteiger partial charge in [0.2, 0.25) is 0 Å². The molecule has 1 fully saturated rings. The summed E-state index contributed by atoms with van der Waals surface area (Å²) in [7, 11) is 1.20. The fourth-order valence-corrected chi connectivity index (χ4v) is 2.58. The number of anilines is 1. The van der Waals surface area contributed by atoms with E-state index in [2.05, 4.69) is 5.32 Å². The van der Waals surface area contributed by atoms with Crippen molar-refractivity contribution in [1.82, 2.24) is 4.90 Å². The maximum atomic E-state index is 13.5. The zero-order valence-electron chi connectivity index (χ0n) is 13.7. The molecule has 25 heavy (non-hydrogen) atoms. The third-order valence-electron chi connectivity index (χ3n) is 3.85. The van der Waals surface area contributed by atoms with Gasteiger partial charge < -0.3 is 10.2 Å². The highest BCUT2D eigenvalue weighted by Gasteiger charge is 2.35. The molecular formula is C16H20F5N2OP. The predicted molar refractivity (Wildman–Crippen MR) is 88.7 cm³/mol. The molecule has 0 saturated heterocycles. The minimum atomic E-state index is -4.79. The number of hydrogen-bond donors (Lipinski definition) is 1. The lowest BCUT2D eigenvalue weighted by molar-refractivity contribution is -0.137. The number of benzene rings is 1. The lowest BCUT2D eigenvalue weighted by Gasteiger charge is -2.23. The maximum absolute atomic E-state index is 13.5. The van der Waals surface area contributed by atoms with Gasteiger partial charge in [-0.2, -0.15) is 22.0 Å². The summed E-state index contributed by atoms with van der Waals surface area (Å²) in [5.74, 6) is 0.408. The molecule has 2 rings (SSSR count). The first-order valence-corrected chi connectivity index (χ1v) is 8.54. The zero-order valence-corrected chi connectivity index (χ0v) is 14.8. The van der Waals surface area contributed by atoms with Gasteiger partial charge in [0.25, 0.3) is 5.66 Å². The minimum absolute atomic E-state index is 0.297. The second kappa shape index (κ2) is 7.44. The Morgan fingerprint density at radius 3 is 2.28 bits per heavy atom. The highest BCUT2D eigenvalue weighted by molar-refractivity contribution is 7.17. The molecule has 9 heteroatoms. The molecule has 1 N–H and O–H groups in total. The van der Waals surface area contributed by atoms with Crippen LogP contribution in [0.15, 0.2) is 18.2 Å². The van der Waals surface area contributed by atoms with E-state index in [1.807, 2.05) is 6.92 Å². The standard InChI is InChI=1S/C16H20F5N2OP/c1-2-5-23(9-10-3-4-10)14(24)22-13-7-11(15(17,18)19)6-12(8-13)16(20,21)25/h6-8,10H,2-5,9,25H2,1H3,(H,22,24). The average molecular weight is 382 g/mol. The molecule has 1 aromatic carbocycles. The van der Waals surface area contributed by atoms with Gasteiger partial charge >= 0.3 is 12.2 Å². The second-order valence-electron chi connectivity index (χ2n) is 6.24. The lowest BCUT2D eigenvalue weighted by Crippen LogP contribution is -2.37. The molecule has 0 aromatic heterocycles. The number of hydrogen-bond acceptors (Lipinski definition) is 1. The summed E-state index contributed by atoms with van der Waals surface area (Å²) in [5.41, 5.74) is -5.88. The molecule has 1 saturated carbocycles. The zero-order chi connectivity index (χ0) is 18.8. The number of amides is 2. The van der Waals surface area contributed by atoms with Crippen molar-refractivity contribution < 1.29 is 26.7 Å². The Balaban J connectivity index is 2.25. The molecule has 3 nitrogen and oxygen atoms in total. The van der Waals surface area contributed by atoms with Gasteiger partial charge in [-0.25, -0.2) is 4.79 Å². The van der Waals surface area contributed by atoms with Crippen LogP contribution < -0.4 is 5.32 Å². The Hall–Kier alpha value is -1.43. The van der Waals surface area contributed by atoms with Crippen LogP contribution in [-0.2, 0) is 11.8 Å². The monoisotopic (exact) mass is 382 g/mol. The second-order valence-corrected chi connectivity index (χ2v) is 6.96. The van der Waals surface area contributed by atoms with Crippen LogP contribution in [-0.4, -0.2) is 24.0 Å². The van der Waals surface area contributed by atoms with Crippen molar-refractivity contribution >= 4 is 21.0 Å². The third kappa shape index (κ3) is 5.80. The molecular weight excluding hydrogens is 362 g/mol. The average Bonchev–Trinajstić information content (AvgIpc) is 3.28. The Kier molecular flexibility index (Phi) is 5.92. The first kappa shape index (κ1) is 19.9. The number of carbonyl (C=O) groups is 1. The summed E-state index contributed by atoms with van der Waals surface area (Å²) in [6.45, 7) is 2.85. The van der Waals surface area contributed by atoms with Gasteiger partial charge in [0.15, 0.2) is 0 Å². The molecule has 0 bridgehead atoms.